The van der Waals surface area contributed by atoms with Gasteiger partial charge in [-0.05, 0) is 31.3 Å². The molecule has 1 aromatic heterocycles. The molecule has 2 aromatic rings. The van der Waals surface area contributed by atoms with E-state index in [9.17, 15) is 4.79 Å². The summed E-state index contributed by atoms with van der Waals surface area (Å²) in [5.41, 5.74) is 1.51. The third-order valence-electron chi connectivity index (χ3n) is 2.96. The highest BCUT2D eigenvalue weighted by Gasteiger charge is 2.13. The van der Waals surface area contributed by atoms with Crippen LogP contribution in [0.2, 0.25) is 0 Å². The minimum absolute atomic E-state index is 0.0244. The van der Waals surface area contributed by atoms with Crippen LogP contribution in [0, 0.1) is 0 Å². The van der Waals surface area contributed by atoms with Gasteiger partial charge < -0.3 is 10.2 Å². The Kier molecular flexibility index (Phi) is 4.92. The van der Waals surface area contributed by atoms with Gasteiger partial charge in [-0.1, -0.05) is 15.9 Å². The maximum absolute atomic E-state index is 12.2. The zero-order chi connectivity index (χ0) is 14.5. The number of aromatic nitrogens is 2. The Morgan fingerprint density at radius 3 is 2.75 bits per heavy atom. The summed E-state index contributed by atoms with van der Waals surface area (Å²) in [6.45, 7) is 1.43. The molecular formula is C14H17BrN4O. The van der Waals surface area contributed by atoms with Crippen molar-refractivity contribution in [3.8, 4) is 5.69 Å². The van der Waals surface area contributed by atoms with E-state index in [2.05, 4.69) is 26.3 Å². The van der Waals surface area contributed by atoms with Gasteiger partial charge in [0.25, 0.3) is 5.91 Å². The van der Waals surface area contributed by atoms with Crippen molar-refractivity contribution in [1.82, 2.24) is 20.0 Å². The molecule has 0 spiro atoms. The predicted octanol–water partition coefficient (Wildman–Crippen LogP) is 1.93. The van der Waals surface area contributed by atoms with E-state index in [0.717, 1.165) is 16.7 Å². The third kappa shape index (κ3) is 3.46. The lowest BCUT2D eigenvalue weighted by molar-refractivity contribution is 0.0797. The second-order valence-electron chi connectivity index (χ2n) is 4.48. The molecular weight excluding hydrogens is 320 g/mol. The van der Waals surface area contributed by atoms with Crippen molar-refractivity contribution in [3.05, 3.63) is 46.7 Å². The number of rotatable bonds is 5. The van der Waals surface area contributed by atoms with Gasteiger partial charge in [-0.25, -0.2) is 4.68 Å². The number of halogens is 1. The summed E-state index contributed by atoms with van der Waals surface area (Å²) in [5.74, 6) is -0.0244. The number of benzene rings is 1. The molecule has 0 aliphatic carbocycles. The minimum atomic E-state index is -0.0244. The second-order valence-corrected chi connectivity index (χ2v) is 5.40. The number of amides is 1. The van der Waals surface area contributed by atoms with Crippen LogP contribution >= 0.6 is 15.9 Å². The van der Waals surface area contributed by atoms with E-state index in [-0.39, 0.29) is 5.91 Å². The van der Waals surface area contributed by atoms with Crippen molar-refractivity contribution >= 4 is 21.8 Å². The van der Waals surface area contributed by atoms with Crippen LogP contribution in [0.4, 0.5) is 0 Å². The second kappa shape index (κ2) is 6.67. The van der Waals surface area contributed by atoms with Gasteiger partial charge in [0.05, 0.1) is 17.4 Å². The molecule has 0 radical (unpaired) electrons. The van der Waals surface area contributed by atoms with E-state index in [4.69, 9.17) is 0 Å². The Labute approximate surface area is 126 Å². The molecule has 1 heterocycles. The first-order chi connectivity index (χ1) is 9.61. The molecule has 0 atom stereocenters. The summed E-state index contributed by atoms with van der Waals surface area (Å²) < 4.78 is 2.71. The number of nitrogens with one attached hydrogen (secondary N) is 1. The van der Waals surface area contributed by atoms with Crippen LogP contribution < -0.4 is 5.32 Å². The minimum Gasteiger partial charge on any atom is -0.340 e. The molecule has 0 saturated carbocycles. The first-order valence-corrected chi connectivity index (χ1v) is 7.12. The average Bonchev–Trinajstić information content (AvgIpc) is 2.94. The Morgan fingerprint density at radius 2 is 2.10 bits per heavy atom. The van der Waals surface area contributed by atoms with Crippen molar-refractivity contribution in [2.45, 2.75) is 0 Å². The Hall–Kier alpha value is -1.66. The number of hydrogen-bond donors (Lipinski definition) is 1. The van der Waals surface area contributed by atoms with E-state index < -0.39 is 0 Å². The smallest absolute Gasteiger partial charge is 0.256 e. The topological polar surface area (TPSA) is 50.2 Å². The third-order valence-corrected chi connectivity index (χ3v) is 3.49. The summed E-state index contributed by atoms with van der Waals surface area (Å²) in [7, 11) is 3.65. The van der Waals surface area contributed by atoms with Crippen LogP contribution in [0.3, 0.4) is 0 Å². The maximum Gasteiger partial charge on any atom is 0.256 e. The standard InChI is InChI=1S/C14H17BrN4O/c1-16-7-8-18(2)14(20)11-9-17-19(10-11)13-5-3-12(15)4-6-13/h3-6,9-10,16H,7-8H2,1-2H3. The van der Waals surface area contributed by atoms with E-state index in [1.807, 2.05) is 31.3 Å². The molecule has 2 rings (SSSR count). The molecule has 5 nitrogen and oxygen atoms in total. The van der Waals surface area contributed by atoms with Crippen molar-refractivity contribution in [2.75, 3.05) is 27.2 Å². The Bertz CT molecular complexity index is 579. The quantitative estimate of drug-likeness (QED) is 0.907. The van der Waals surface area contributed by atoms with Gasteiger partial charge in [0.2, 0.25) is 0 Å². The maximum atomic E-state index is 12.2. The van der Waals surface area contributed by atoms with Crippen molar-refractivity contribution in [3.63, 3.8) is 0 Å². The summed E-state index contributed by atoms with van der Waals surface area (Å²) in [6.07, 6.45) is 3.35. The van der Waals surface area contributed by atoms with Crippen LogP contribution in [0.25, 0.3) is 5.69 Å². The number of carbonyl (C=O) groups is 1. The molecule has 0 aliphatic rings. The highest BCUT2D eigenvalue weighted by Crippen LogP contribution is 2.14. The van der Waals surface area contributed by atoms with Gasteiger partial charge in [0, 0.05) is 30.8 Å². The molecule has 1 aromatic carbocycles. The SMILES string of the molecule is CNCCN(C)C(=O)c1cnn(-c2ccc(Br)cc2)c1. The van der Waals surface area contributed by atoms with Gasteiger partial charge in [0.15, 0.2) is 0 Å². The molecule has 0 aliphatic heterocycles. The molecule has 6 heteroatoms. The number of nitrogens with zero attached hydrogens (tertiary/aromatic N) is 3. The van der Waals surface area contributed by atoms with E-state index in [0.29, 0.717) is 12.1 Å². The molecule has 20 heavy (non-hydrogen) atoms. The fourth-order valence-electron chi connectivity index (χ4n) is 1.77. The summed E-state index contributed by atoms with van der Waals surface area (Å²) in [5, 5.41) is 7.26. The summed E-state index contributed by atoms with van der Waals surface area (Å²) in [4.78, 5) is 13.9. The number of hydrogen-bond acceptors (Lipinski definition) is 3. The molecule has 0 fully saturated rings. The van der Waals surface area contributed by atoms with Gasteiger partial charge in [-0.2, -0.15) is 5.10 Å². The Balaban J connectivity index is 2.12. The number of likely N-dealkylation sites (N-methyl/N-ethyl adjacent to an activating group) is 2. The highest BCUT2D eigenvalue weighted by atomic mass is 79.9. The Morgan fingerprint density at radius 1 is 1.40 bits per heavy atom. The molecule has 1 N–H and O–H groups in total. The van der Waals surface area contributed by atoms with Gasteiger partial charge in [-0.3, -0.25) is 4.79 Å². The number of carbonyl (C=O) groups excluding carboxylic acids is 1. The fraction of sp³-hybridized carbons (Fsp3) is 0.286. The van der Waals surface area contributed by atoms with Crippen molar-refractivity contribution in [1.29, 1.82) is 0 Å². The predicted molar refractivity (Wildman–Crippen MR) is 82.2 cm³/mol. The largest absolute Gasteiger partial charge is 0.340 e. The lowest BCUT2D eigenvalue weighted by Gasteiger charge is -2.15. The van der Waals surface area contributed by atoms with Crippen LogP contribution in [0.5, 0.6) is 0 Å². The molecule has 0 bridgehead atoms. The van der Waals surface area contributed by atoms with E-state index in [1.54, 1.807) is 29.0 Å². The van der Waals surface area contributed by atoms with Crippen LogP contribution in [-0.2, 0) is 0 Å². The van der Waals surface area contributed by atoms with E-state index in [1.165, 1.54) is 0 Å². The molecule has 0 unspecified atom stereocenters. The highest BCUT2D eigenvalue weighted by molar-refractivity contribution is 9.10. The van der Waals surface area contributed by atoms with Gasteiger partial charge >= 0.3 is 0 Å². The van der Waals surface area contributed by atoms with Crippen LogP contribution in [-0.4, -0.2) is 47.8 Å². The monoisotopic (exact) mass is 336 g/mol. The molecule has 106 valence electrons. The fourth-order valence-corrected chi connectivity index (χ4v) is 2.03. The first-order valence-electron chi connectivity index (χ1n) is 6.32. The van der Waals surface area contributed by atoms with E-state index >= 15 is 0 Å². The van der Waals surface area contributed by atoms with Crippen molar-refractivity contribution in [2.24, 2.45) is 0 Å². The lowest BCUT2D eigenvalue weighted by Crippen LogP contribution is -2.32. The van der Waals surface area contributed by atoms with Crippen molar-refractivity contribution < 1.29 is 4.79 Å². The van der Waals surface area contributed by atoms with Gasteiger partial charge in [0.1, 0.15) is 0 Å². The van der Waals surface area contributed by atoms with Crippen LogP contribution in [0.1, 0.15) is 10.4 Å². The molecule has 1 amide bonds. The zero-order valence-corrected chi connectivity index (χ0v) is 13.1. The summed E-state index contributed by atoms with van der Waals surface area (Å²) >= 11 is 3.39. The molecule has 0 saturated heterocycles. The first kappa shape index (κ1) is 14.7. The lowest BCUT2D eigenvalue weighted by atomic mass is 10.3. The van der Waals surface area contributed by atoms with Gasteiger partial charge in [-0.15, -0.1) is 0 Å². The average molecular weight is 337 g/mol. The zero-order valence-electron chi connectivity index (χ0n) is 11.5. The normalized spacial score (nSPS) is 10.6. The van der Waals surface area contributed by atoms with Crippen LogP contribution in [0.15, 0.2) is 41.1 Å². The summed E-state index contributed by atoms with van der Waals surface area (Å²) in [6, 6.07) is 7.77.